The molecule has 7 heteroatoms. The number of carbonyl (C=O) groups excluding carboxylic acids is 1. The minimum absolute atomic E-state index is 0.0656. The standard InChI is InChI=1S/C19H23N3O4/c1-24-16-6-4-3-5-15(16)19(23)21-13-7-9-14(10-8-13)26-18-12-20-11-17(22-18)25-2/h3-6,11-14H,7-10H2,1-2H3,(H,21,23). The Morgan fingerprint density at radius 2 is 1.77 bits per heavy atom. The van der Waals surface area contributed by atoms with Gasteiger partial charge in [-0.15, -0.1) is 0 Å². The fourth-order valence-electron chi connectivity index (χ4n) is 3.08. The van der Waals surface area contributed by atoms with Gasteiger partial charge in [0.2, 0.25) is 11.8 Å². The van der Waals surface area contributed by atoms with Crippen LogP contribution in [0, 0.1) is 0 Å². The zero-order chi connectivity index (χ0) is 18.4. The van der Waals surface area contributed by atoms with Crippen molar-refractivity contribution in [2.24, 2.45) is 0 Å². The summed E-state index contributed by atoms with van der Waals surface area (Å²) < 4.78 is 16.2. The Balaban J connectivity index is 1.51. The Hall–Kier alpha value is -2.83. The van der Waals surface area contributed by atoms with Crippen molar-refractivity contribution in [1.29, 1.82) is 0 Å². The number of ether oxygens (including phenoxy) is 3. The molecular formula is C19H23N3O4. The highest BCUT2D eigenvalue weighted by atomic mass is 16.5. The summed E-state index contributed by atoms with van der Waals surface area (Å²) in [4.78, 5) is 20.7. The first-order chi connectivity index (χ1) is 12.7. The number of benzene rings is 1. The van der Waals surface area contributed by atoms with Gasteiger partial charge in [0.05, 0.1) is 32.2 Å². The molecule has 0 unspecified atom stereocenters. The van der Waals surface area contributed by atoms with Crippen LogP contribution in [0.1, 0.15) is 36.0 Å². The number of hydrogen-bond acceptors (Lipinski definition) is 6. The molecule has 0 saturated heterocycles. The third-order valence-electron chi connectivity index (χ3n) is 4.45. The summed E-state index contributed by atoms with van der Waals surface area (Å²) in [5.41, 5.74) is 0.556. The van der Waals surface area contributed by atoms with E-state index in [0.29, 0.717) is 23.1 Å². The Morgan fingerprint density at radius 1 is 1.04 bits per heavy atom. The molecule has 2 aromatic rings. The molecule has 1 aliphatic carbocycles. The first-order valence-corrected chi connectivity index (χ1v) is 8.66. The van der Waals surface area contributed by atoms with Crippen molar-refractivity contribution in [3.63, 3.8) is 0 Å². The third kappa shape index (κ3) is 4.41. The van der Waals surface area contributed by atoms with Gasteiger partial charge in [-0.2, -0.15) is 4.98 Å². The van der Waals surface area contributed by atoms with Gasteiger partial charge < -0.3 is 19.5 Å². The van der Waals surface area contributed by atoms with Crippen molar-refractivity contribution in [2.45, 2.75) is 37.8 Å². The smallest absolute Gasteiger partial charge is 0.255 e. The number of methoxy groups -OCH3 is 2. The van der Waals surface area contributed by atoms with E-state index in [2.05, 4.69) is 15.3 Å². The van der Waals surface area contributed by atoms with E-state index in [1.165, 1.54) is 6.20 Å². The number of rotatable bonds is 6. The average Bonchev–Trinajstić information content (AvgIpc) is 2.69. The topological polar surface area (TPSA) is 82.6 Å². The van der Waals surface area contributed by atoms with Crippen molar-refractivity contribution in [2.75, 3.05) is 14.2 Å². The summed E-state index contributed by atoms with van der Waals surface area (Å²) >= 11 is 0. The van der Waals surface area contributed by atoms with Crippen LogP contribution in [0.2, 0.25) is 0 Å². The second-order valence-electron chi connectivity index (χ2n) is 6.16. The van der Waals surface area contributed by atoms with E-state index in [0.717, 1.165) is 25.7 Å². The summed E-state index contributed by atoms with van der Waals surface area (Å²) in [6.07, 6.45) is 6.57. The van der Waals surface area contributed by atoms with Crippen molar-refractivity contribution < 1.29 is 19.0 Å². The lowest BCUT2D eigenvalue weighted by molar-refractivity contribution is 0.0886. The maximum absolute atomic E-state index is 12.5. The first kappa shape index (κ1) is 18.0. The molecule has 3 rings (SSSR count). The predicted octanol–water partition coefficient (Wildman–Crippen LogP) is 2.61. The molecule has 1 fully saturated rings. The van der Waals surface area contributed by atoms with Crippen molar-refractivity contribution in [1.82, 2.24) is 15.3 Å². The van der Waals surface area contributed by atoms with E-state index in [9.17, 15) is 4.79 Å². The van der Waals surface area contributed by atoms with E-state index in [1.807, 2.05) is 12.1 Å². The van der Waals surface area contributed by atoms with Crippen LogP contribution in [0.3, 0.4) is 0 Å². The van der Waals surface area contributed by atoms with Crippen LogP contribution in [-0.2, 0) is 0 Å². The van der Waals surface area contributed by atoms with Gasteiger partial charge in [0.25, 0.3) is 5.91 Å². The second-order valence-corrected chi connectivity index (χ2v) is 6.16. The highest BCUT2D eigenvalue weighted by Gasteiger charge is 2.25. The summed E-state index contributed by atoms with van der Waals surface area (Å²) in [7, 11) is 3.11. The lowest BCUT2D eigenvalue weighted by atomic mass is 9.92. The normalized spacial score (nSPS) is 19.5. The lowest BCUT2D eigenvalue weighted by Gasteiger charge is -2.29. The quantitative estimate of drug-likeness (QED) is 0.856. The molecule has 0 bridgehead atoms. The number of nitrogens with zero attached hydrogens (tertiary/aromatic N) is 2. The fraction of sp³-hybridized carbons (Fsp3) is 0.421. The van der Waals surface area contributed by atoms with Crippen LogP contribution in [0.5, 0.6) is 17.5 Å². The zero-order valence-electron chi connectivity index (χ0n) is 15.0. The summed E-state index contributed by atoms with van der Waals surface area (Å²) in [6, 6.07) is 7.36. The minimum Gasteiger partial charge on any atom is -0.496 e. The number of carbonyl (C=O) groups is 1. The molecule has 1 aromatic heterocycles. The molecule has 0 radical (unpaired) electrons. The molecule has 1 saturated carbocycles. The minimum atomic E-state index is -0.106. The van der Waals surface area contributed by atoms with E-state index in [1.54, 1.807) is 32.5 Å². The number of hydrogen-bond donors (Lipinski definition) is 1. The van der Waals surface area contributed by atoms with Gasteiger partial charge in [-0.25, -0.2) is 0 Å². The highest BCUT2D eigenvalue weighted by molar-refractivity contribution is 5.97. The van der Waals surface area contributed by atoms with Gasteiger partial charge >= 0.3 is 0 Å². The molecule has 1 heterocycles. The average molecular weight is 357 g/mol. The molecule has 1 amide bonds. The van der Waals surface area contributed by atoms with Crippen molar-refractivity contribution >= 4 is 5.91 Å². The molecule has 1 aliphatic rings. The Bertz CT molecular complexity index is 745. The van der Waals surface area contributed by atoms with Crippen LogP contribution in [0.25, 0.3) is 0 Å². The van der Waals surface area contributed by atoms with Crippen molar-refractivity contribution in [3.05, 3.63) is 42.2 Å². The van der Waals surface area contributed by atoms with Crippen molar-refractivity contribution in [3.8, 4) is 17.5 Å². The predicted molar refractivity (Wildman–Crippen MR) is 95.7 cm³/mol. The monoisotopic (exact) mass is 357 g/mol. The molecule has 0 aliphatic heterocycles. The van der Waals surface area contributed by atoms with Crippen LogP contribution in [0.4, 0.5) is 0 Å². The Kier molecular flexibility index (Phi) is 5.88. The summed E-state index contributed by atoms with van der Waals surface area (Å²) in [5.74, 6) is 1.37. The Morgan fingerprint density at radius 3 is 2.50 bits per heavy atom. The molecule has 0 atom stereocenters. The zero-order valence-corrected chi connectivity index (χ0v) is 15.0. The third-order valence-corrected chi connectivity index (χ3v) is 4.45. The highest BCUT2D eigenvalue weighted by Crippen LogP contribution is 2.24. The Labute approximate surface area is 152 Å². The fourth-order valence-corrected chi connectivity index (χ4v) is 3.08. The molecule has 0 spiro atoms. The van der Waals surface area contributed by atoms with Gasteiger partial charge in [0.1, 0.15) is 11.9 Å². The SMILES string of the molecule is COc1cncc(OC2CCC(NC(=O)c3ccccc3OC)CC2)n1. The number of nitrogens with one attached hydrogen (secondary N) is 1. The molecule has 26 heavy (non-hydrogen) atoms. The largest absolute Gasteiger partial charge is 0.496 e. The molecule has 1 aromatic carbocycles. The van der Waals surface area contributed by atoms with Crippen LogP contribution < -0.4 is 19.5 Å². The van der Waals surface area contributed by atoms with Crippen LogP contribution in [-0.4, -0.2) is 42.2 Å². The molecule has 1 N–H and O–H groups in total. The summed E-state index contributed by atoms with van der Waals surface area (Å²) in [5, 5.41) is 3.09. The number of para-hydroxylation sites is 1. The molecule has 7 nitrogen and oxygen atoms in total. The van der Waals surface area contributed by atoms with Gasteiger partial charge in [0, 0.05) is 6.04 Å². The maximum atomic E-state index is 12.5. The van der Waals surface area contributed by atoms with Gasteiger partial charge in [-0.3, -0.25) is 9.78 Å². The number of amides is 1. The molecule has 138 valence electrons. The number of aromatic nitrogens is 2. The van der Waals surface area contributed by atoms with E-state index >= 15 is 0 Å². The maximum Gasteiger partial charge on any atom is 0.255 e. The van der Waals surface area contributed by atoms with E-state index in [4.69, 9.17) is 14.2 Å². The van der Waals surface area contributed by atoms with E-state index in [-0.39, 0.29) is 18.1 Å². The van der Waals surface area contributed by atoms with Crippen LogP contribution >= 0.6 is 0 Å². The lowest BCUT2D eigenvalue weighted by Crippen LogP contribution is -2.39. The summed E-state index contributed by atoms with van der Waals surface area (Å²) in [6.45, 7) is 0. The van der Waals surface area contributed by atoms with Gasteiger partial charge in [-0.1, -0.05) is 12.1 Å². The van der Waals surface area contributed by atoms with E-state index < -0.39 is 0 Å². The molecular weight excluding hydrogens is 334 g/mol. The second kappa shape index (κ2) is 8.51. The van der Waals surface area contributed by atoms with Gasteiger partial charge in [-0.05, 0) is 37.8 Å². The van der Waals surface area contributed by atoms with Crippen LogP contribution in [0.15, 0.2) is 36.7 Å². The first-order valence-electron chi connectivity index (χ1n) is 8.66. The van der Waals surface area contributed by atoms with Gasteiger partial charge in [0.15, 0.2) is 0 Å².